The molecule has 0 N–H and O–H groups in total. The van der Waals surface area contributed by atoms with E-state index in [1.807, 2.05) is 25.2 Å². The number of anilines is 1. The van der Waals surface area contributed by atoms with Gasteiger partial charge in [0, 0.05) is 31.9 Å². The summed E-state index contributed by atoms with van der Waals surface area (Å²) in [6.07, 6.45) is 3.15. The second-order valence-corrected chi connectivity index (χ2v) is 7.07. The molecule has 0 bridgehead atoms. The molecule has 5 rings (SSSR count). The van der Waals surface area contributed by atoms with Gasteiger partial charge in [0.15, 0.2) is 0 Å². The topological polar surface area (TPSA) is 34.0 Å². The fraction of sp³-hybridized carbons (Fsp3) is 0.333. The third-order valence-electron chi connectivity index (χ3n) is 5.17. The Balaban J connectivity index is 1.62. The number of piperidine rings is 1. The molecule has 0 amide bonds. The highest BCUT2D eigenvalue weighted by Gasteiger charge is 2.45. The van der Waals surface area contributed by atoms with E-state index >= 15 is 0 Å². The third-order valence-corrected chi connectivity index (χ3v) is 5.47. The molecule has 2 atom stereocenters. The Bertz CT molecular complexity index is 907. The van der Waals surface area contributed by atoms with Crippen LogP contribution in [0.2, 0.25) is 5.02 Å². The molecule has 23 heavy (non-hydrogen) atoms. The average Bonchev–Trinajstić information content (AvgIpc) is 3.03. The van der Waals surface area contributed by atoms with E-state index in [1.165, 1.54) is 6.42 Å². The van der Waals surface area contributed by atoms with Crippen molar-refractivity contribution in [1.82, 2.24) is 14.5 Å². The summed E-state index contributed by atoms with van der Waals surface area (Å²) in [6.45, 7) is 2.25. The first-order chi connectivity index (χ1) is 11.2. The van der Waals surface area contributed by atoms with Crippen LogP contribution in [0, 0.1) is 11.8 Å². The SMILES string of the molecule is Cn1c(-c2cc(N3C[C@H]4C[C@H]4C3)ncc2Cl)nc2ccccc21. The van der Waals surface area contributed by atoms with E-state index in [0.29, 0.717) is 5.02 Å². The fourth-order valence-corrected chi connectivity index (χ4v) is 3.93. The van der Waals surface area contributed by atoms with Crippen LogP contribution >= 0.6 is 11.6 Å². The van der Waals surface area contributed by atoms with Crippen LogP contribution in [0.15, 0.2) is 36.5 Å². The largest absolute Gasteiger partial charge is 0.356 e. The molecule has 1 aliphatic carbocycles. The Morgan fingerprint density at radius 1 is 1.17 bits per heavy atom. The van der Waals surface area contributed by atoms with Crippen molar-refractivity contribution in [3.8, 4) is 11.4 Å². The minimum atomic E-state index is 0.650. The first kappa shape index (κ1) is 13.4. The molecule has 5 heteroatoms. The number of para-hydroxylation sites is 2. The Hall–Kier alpha value is -2.07. The van der Waals surface area contributed by atoms with Crippen molar-refractivity contribution in [2.24, 2.45) is 18.9 Å². The summed E-state index contributed by atoms with van der Waals surface area (Å²) in [7, 11) is 2.03. The molecule has 2 aromatic heterocycles. The molecular formula is C18H17ClN4. The minimum absolute atomic E-state index is 0.650. The van der Waals surface area contributed by atoms with E-state index in [-0.39, 0.29) is 0 Å². The summed E-state index contributed by atoms with van der Waals surface area (Å²) in [4.78, 5) is 11.7. The molecular weight excluding hydrogens is 308 g/mol. The molecule has 4 nitrogen and oxygen atoms in total. The second kappa shape index (κ2) is 4.71. The first-order valence-corrected chi connectivity index (χ1v) is 8.41. The number of fused-ring (bicyclic) bond motifs is 2. The van der Waals surface area contributed by atoms with Crippen molar-refractivity contribution in [3.63, 3.8) is 0 Å². The molecule has 0 spiro atoms. The van der Waals surface area contributed by atoms with Crippen LogP contribution in [0.4, 0.5) is 5.82 Å². The van der Waals surface area contributed by atoms with Crippen LogP contribution in [0.1, 0.15) is 6.42 Å². The van der Waals surface area contributed by atoms with Gasteiger partial charge < -0.3 is 9.47 Å². The van der Waals surface area contributed by atoms with Gasteiger partial charge in [-0.3, -0.25) is 0 Å². The first-order valence-electron chi connectivity index (χ1n) is 8.03. The highest BCUT2D eigenvalue weighted by atomic mass is 35.5. The van der Waals surface area contributed by atoms with E-state index in [4.69, 9.17) is 16.6 Å². The maximum atomic E-state index is 6.44. The number of pyridine rings is 1. The predicted octanol–water partition coefficient (Wildman–Crippen LogP) is 3.74. The number of rotatable bonds is 2. The zero-order valence-electron chi connectivity index (χ0n) is 12.9. The number of hydrogen-bond donors (Lipinski definition) is 0. The maximum absolute atomic E-state index is 6.44. The van der Waals surface area contributed by atoms with Crippen LogP contribution in [0.5, 0.6) is 0 Å². The summed E-state index contributed by atoms with van der Waals surface area (Å²) in [6, 6.07) is 10.2. The van der Waals surface area contributed by atoms with Crippen LogP contribution < -0.4 is 4.90 Å². The van der Waals surface area contributed by atoms with E-state index in [2.05, 4.69) is 26.6 Å². The number of aryl methyl sites for hydroxylation is 1. The van der Waals surface area contributed by atoms with Gasteiger partial charge in [0.1, 0.15) is 11.6 Å². The van der Waals surface area contributed by atoms with E-state index in [0.717, 1.165) is 53.2 Å². The van der Waals surface area contributed by atoms with Crippen molar-refractivity contribution in [1.29, 1.82) is 0 Å². The number of imidazole rings is 1. The van der Waals surface area contributed by atoms with Crippen molar-refractivity contribution >= 4 is 28.5 Å². The van der Waals surface area contributed by atoms with Gasteiger partial charge in [-0.05, 0) is 36.5 Å². The molecule has 1 aliphatic heterocycles. The predicted molar refractivity (Wildman–Crippen MR) is 92.8 cm³/mol. The van der Waals surface area contributed by atoms with E-state index < -0.39 is 0 Å². The number of halogens is 1. The lowest BCUT2D eigenvalue weighted by Gasteiger charge is -2.20. The van der Waals surface area contributed by atoms with Gasteiger partial charge >= 0.3 is 0 Å². The molecule has 2 fully saturated rings. The molecule has 116 valence electrons. The number of benzene rings is 1. The highest BCUT2D eigenvalue weighted by Crippen LogP contribution is 2.46. The number of aromatic nitrogens is 3. The van der Waals surface area contributed by atoms with Crippen molar-refractivity contribution in [2.45, 2.75) is 6.42 Å². The summed E-state index contributed by atoms with van der Waals surface area (Å²) in [5, 5.41) is 0.650. The van der Waals surface area contributed by atoms with Gasteiger partial charge in [-0.2, -0.15) is 0 Å². The standard InChI is InChI=1S/C18H17ClN4/c1-22-16-5-3-2-4-15(16)21-18(22)13-7-17(20-8-14(13)19)23-9-11-6-12(11)10-23/h2-5,7-8,11-12H,6,9-10H2,1H3/t11-,12+. The molecule has 0 radical (unpaired) electrons. The summed E-state index contributed by atoms with van der Waals surface area (Å²) < 4.78 is 2.10. The van der Waals surface area contributed by atoms with E-state index in [1.54, 1.807) is 6.20 Å². The zero-order chi connectivity index (χ0) is 15.6. The maximum Gasteiger partial charge on any atom is 0.142 e. The Kier molecular flexibility index (Phi) is 2.74. The van der Waals surface area contributed by atoms with E-state index in [9.17, 15) is 0 Å². The van der Waals surface area contributed by atoms with Crippen molar-refractivity contribution in [3.05, 3.63) is 41.6 Å². The number of nitrogens with zero attached hydrogens (tertiary/aromatic N) is 4. The molecule has 1 saturated heterocycles. The second-order valence-electron chi connectivity index (χ2n) is 6.67. The van der Waals surface area contributed by atoms with Crippen LogP contribution in [-0.4, -0.2) is 27.6 Å². The van der Waals surface area contributed by atoms with Gasteiger partial charge in [0.05, 0.1) is 16.1 Å². The Labute approximate surface area is 139 Å². The third kappa shape index (κ3) is 2.05. The Morgan fingerprint density at radius 3 is 2.74 bits per heavy atom. The van der Waals surface area contributed by atoms with Gasteiger partial charge in [0.2, 0.25) is 0 Å². The van der Waals surface area contributed by atoms with Gasteiger partial charge in [0.25, 0.3) is 0 Å². The smallest absolute Gasteiger partial charge is 0.142 e. The lowest BCUT2D eigenvalue weighted by molar-refractivity contribution is 0.805. The van der Waals surface area contributed by atoms with Crippen LogP contribution in [0.25, 0.3) is 22.4 Å². The minimum Gasteiger partial charge on any atom is -0.356 e. The number of hydrogen-bond acceptors (Lipinski definition) is 3. The molecule has 1 aromatic carbocycles. The van der Waals surface area contributed by atoms with Crippen LogP contribution in [-0.2, 0) is 7.05 Å². The average molecular weight is 325 g/mol. The summed E-state index contributed by atoms with van der Waals surface area (Å²) in [5.74, 6) is 3.67. The van der Waals surface area contributed by atoms with Gasteiger partial charge in [-0.15, -0.1) is 0 Å². The summed E-state index contributed by atoms with van der Waals surface area (Å²) in [5.41, 5.74) is 3.05. The fourth-order valence-electron chi connectivity index (χ4n) is 3.74. The van der Waals surface area contributed by atoms with Gasteiger partial charge in [-0.25, -0.2) is 9.97 Å². The zero-order valence-corrected chi connectivity index (χ0v) is 13.7. The molecule has 3 heterocycles. The van der Waals surface area contributed by atoms with Crippen molar-refractivity contribution < 1.29 is 0 Å². The lowest BCUT2D eigenvalue weighted by atomic mass is 10.2. The highest BCUT2D eigenvalue weighted by molar-refractivity contribution is 6.33. The lowest BCUT2D eigenvalue weighted by Crippen LogP contribution is -2.22. The molecule has 0 unspecified atom stereocenters. The van der Waals surface area contributed by atoms with Crippen LogP contribution in [0.3, 0.4) is 0 Å². The Morgan fingerprint density at radius 2 is 1.96 bits per heavy atom. The summed E-state index contributed by atoms with van der Waals surface area (Å²) >= 11 is 6.44. The molecule has 3 aromatic rings. The molecule has 2 aliphatic rings. The normalized spacial score (nSPS) is 22.6. The molecule has 1 saturated carbocycles. The monoisotopic (exact) mass is 324 g/mol. The van der Waals surface area contributed by atoms with Gasteiger partial charge in [-0.1, -0.05) is 23.7 Å². The van der Waals surface area contributed by atoms with Crippen molar-refractivity contribution in [2.75, 3.05) is 18.0 Å². The quantitative estimate of drug-likeness (QED) is 0.720.